The van der Waals surface area contributed by atoms with E-state index in [0.29, 0.717) is 13.1 Å². The van der Waals surface area contributed by atoms with Crippen LogP contribution in [0.1, 0.15) is 30.9 Å². The zero-order chi connectivity index (χ0) is 18.9. The molecule has 1 aromatic carbocycles. The van der Waals surface area contributed by atoms with Crippen LogP contribution in [0.5, 0.6) is 0 Å². The summed E-state index contributed by atoms with van der Waals surface area (Å²) in [6.07, 6.45) is 5.09. The summed E-state index contributed by atoms with van der Waals surface area (Å²) >= 11 is 0. The van der Waals surface area contributed by atoms with Crippen LogP contribution in [0.4, 0.5) is 10.2 Å². The van der Waals surface area contributed by atoms with Gasteiger partial charge in [-0.15, -0.1) is 24.0 Å². The Morgan fingerprint density at radius 1 is 1.14 bits per heavy atom. The van der Waals surface area contributed by atoms with Crippen molar-refractivity contribution < 1.29 is 4.39 Å². The number of rotatable bonds is 7. The van der Waals surface area contributed by atoms with Gasteiger partial charge in [0.1, 0.15) is 11.6 Å². The summed E-state index contributed by atoms with van der Waals surface area (Å²) in [5.74, 6) is 1.62. The maximum atomic E-state index is 13.3. The van der Waals surface area contributed by atoms with E-state index >= 15 is 0 Å². The molecule has 1 aliphatic rings. The fourth-order valence-corrected chi connectivity index (χ4v) is 3.21. The van der Waals surface area contributed by atoms with E-state index in [2.05, 4.69) is 31.6 Å². The highest BCUT2D eigenvalue weighted by molar-refractivity contribution is 14.0. The Bertz CT molecular complexity index is 762. The first kappa shape index (κ1) is 22.4. The molecule has 0 atom stereocenters. The third-order valence-electron chi connectivity index (χ3n) is 4.60. The van der Waals surface area contributed by atoms with Crippen molar-refractivity contribution in [3.63, 3.8) is 0 Å². The van der Waals surface area contributed by atoms with E-state index in [4.69, 9.17) is 0 Å². The molecule has 0 amide bonds. The molecule has 7 heteroatoms. The number of halogens is 2. The minimum atomic E-state index is -0.195. The van der Waals surface area contributed by atoms with Crippen molar-refractivity contribution in [2.75, 3.05) is 31.1 Å². The van der Waals surface area contributed by atoms with E-state index in [-0.39, 0.29) is 29.8 Å². The lowest BCUT2D eigenvalue weighted by Crippen LogP contribution is -2.38. The number of aromatic nitrogens is 1. The third-order valence-corrected chi connectivity index (χ3v) is 4.60. The molecule has 152 valence electrons. The number of anilines is 1. The fraction of sp³-hybridized carbons (Fsp3) is 0.429. The lowest BCUT2D eigenvalue weighted by molar-refractivity contribution is 0.625. The number of nitrogens with one attached hydrogen (secondary N) is 2. The maximum absolute atomic E-state index is 13.3. The molecule has 3 rings (SSSR count). The van der Waals surface area contributed by atoms with Crippen molar-refractivity contribution in [1.82, 2.24) is 15.6 Å². The van der Waals surface area contributed by atoms with Gasteiger partial charge in [-0.3, -0.25) is 0 Å². The second kappa shape index (κ2) is 11.8. The molecule has 0 radical (unpaired) electrons. The molecule has 5 nitrogen and oxygen atoms in total. The molecule has 1 saturated heterocycles. The molecule has 28 heavy (non-hydrogen) atoms. The molecule has 2 N–H and O–H groups in total. The van der Waals surface area contributed by atoms with E-state index in [1.54, 1.807) is 12.1 Å². The molecule has 1 fully saturated rings. The lowest BCUT2D eigenvalue weighted by Gasteiger charge is -2.16. The average molecular weight is 497 g/mol. The van der Waals surface area contributed by atoms with Crippen molar-refractivity contribution >= 4 is 35.8 Å². The average Bonchev–Trinajstić information content (AvgIpc) is 3.21. The minimum absolute atomic E-state index is 0. The van der Waals surface area contributed by atoms with Gasteiger partial charge in [0.05, 0.1) is 6.54 Å². The summed E-state index contributed by atoms with van der Waals surface area (Å²) in [5.41, 5.74) is 2.12. The second-order valence-electron chi connectivity index (χ2n) is 6.72. The fourth-order valence-electron chi connectivity index (χ4n) is 3.21. The molecule has 0 unspecified atom stereocenters. The molecule has 0 bridgehead atoms. The predicted octanol–water partition coefficient (Wildman–Crippen LogP) is 3.74. The van der Waals surface area contributed by atoms with Gasteiger partial charge in [0.25, 0.3) is 0 Å². The molecule has 1 aliphatic heterocycles. The topological polar surface area (TPSA) is 52.6 Å². The maximum Gasteiger partial charge on any atom is 0.191 e. The summed E-state index contributed by atoms with van der Waals surface area (Å²) in [5, 5.41) is 6.58. The molecular formula is C21H29FIN5. The van der Waals surface area contributed by atoms with Crippen molar-refractivity contribution in [3.8, 4) is 0 Å². The molecule has 2 heterocycles. The van der Waals surface area contributed by atoms with Gasteiger partial charge in [0, 0.05) is 32.4 Å². The minimum Gasteiger partial charge on any atom is -0.357 e. The SMILES string of the molecule is CCNC(=NCc1ccnc(N2CCCC2)c1)NCCc1cccc(F)c1.I. The molecule has 0 spiro atoms. The third kappa shape index (κ3) is 6.92. The van der Waals surface area contributed by atoms with E-state index in [1.165, 1.54) is 18.9 Å². The molecule has 0 saturated carbocycles. The number of benzene rings is 1. The smallest absolute Gasteiger partial charge is 0.191 e. The van der Waals surface area contributed by atoms with Crippen LogP contribution in [-0.2, 0) is 13.0 Å². The van der Waals surface area contributed by atoms with Gasteiger partial charge in [-0.25, -0.2) is 14.4 Å². The number of pyridine rings is 1. The summed E-state index contributed by atoms with van der Waals surface area (Å²) in [6, 6.07) is 10.9. The first-order chi connectivity index (χ1) is 13.2. The van der Waals surface area contributed by atoms with E-state index in [1.807, 2.05) is 25.3 Å². The van der Waals surface area contributed by atoms with Crippen LogP contribution in [0, 0.1) is 5.82 Å². The van der Waals surface area contributed by atoms with Gasteiger partial charge in [-0.1, -0.05) is 12.1 Å². The van der Waals surface area contributed by atoms with Gasteiger partial charge in [-0.2, -0.15) is 0 Å². The Morgan fingerprint density at radius 3 is 2.71 bits per heavy atom. The van der Waals surface area contributed by atoms with Gasteiger partial charge < -0.3 is 15.5 Å². The van der Waals surface area contributed by atoms with Gasteiger partial charge in [0.2, 0.25) is 0 Å². The van der Waals surface area contributed by atoms with Crippen molar-refractivity contribution in [3.05, 3.63) is 59.5 Å². The first-order valence-corrected chi connectivity index (χ1v) is 9.71. The van der Waals surface area contributed by atoms with Crippen LogP contribution in [0.15, 0.2) is 47.6 Å². The predicted molar refractivity (Wildman–Crippen MR) is 124 cm³/mol. The largest absolute Gasteiger partial charge is 0.357 e. The van der Waals surface area contributed by atoms with Gasteiger partial charge >= 0.3 is 0 Å². The second-order valence-corrected chi connectivity index (χ2v) is 6.72. The van der Waals surface area contributed by atoms with E-state index in [0.717, 1.165) is 49.0 Å². The highest BCUT2D eigenvalue weighted by atomic mass is 127. The Morgan fingerprint density at radius 2 is 1.96 bits per heavy atom. The van der Waals surface area contributed by atoms with Crippen LogP contribution in [0.25, 0.3) is 0 Å². The number of nitrogens with zero attached hydrogens (tertiary/aromatic N) is 3. The van der Waals surface area contributed by atoms with Crippen LogP contribution in [0.3, 0.4) is 0 Å². The number of aliphatic imine (C=N–C) groups is 1. The zero-order valence-electron chi connectivity index (χ0n) is 16.3. The summed E-state index contributed by atoms with van der Waals surface area (Å²) in [7, 11) is 0. The zero-order valence-corrected chi connectivity index (χ0v) is 18.7. The Kier molecular flexibility index (Phi) is 9.46. The van der Waals surface area contributed by atoms with Gasteiger partial charge in [0.15, 0.2) is 5.96 Å². The van der Waals surface area contributed by atoms with Crippen LogP contribution in [0.2, 0.25) is 0 Å². The van der Waals surface area contributed by atoms with Crippen molar-refractivity contribution in [2.24, 2.45) is 4.99 Å². The van der Waals surface area contributed by atoms with Crippen molar-refractivity contribution in [2.45, 2.75) is 32.7 Å². The normalized spacial score (nSPS) is 13.9. The standard InChI is InChI=1S/C21H28FN5.HI/c1-2-23-21(25-11-8-17-6-5-7-19(22)14-17)26-16-18-9-10-24-20(15-18)27-12-3-4-13-27;/h5-7,9-10,14-15H,2-4,8,11-13,16H2,1H3,(H2,23,25,26);1H. The number of hydrogen-bond donors (Lipinski definition) is 2. The molecule has 1 aromatic heterocycles. The monoisotopic (exact) mass is 497 g/mol. The molecule has 0 aliphatic carbocycles. The van der Waals surface area contributed by atoms with E-state index in [9.17, 15) is 4.39 Å². The summed E-state index contributed by atoms with van der Waals surface area (Å²) < 4.78 is 13.3. The van der Waals surface area contributed by atoms with Crippen LogP contribution < -0.4 is 15.5 Å². The quantitative estimate of drug-likeness (QED) is 0.348. The van der Waals surface area contributed by atoms with Crippen LogP contribution in [-0.4, -0.2) is 37.1 Å². The summed E-state index contributed by atoms with van der Waals surface area (Å²) in [6.45, 7) is 6.31. The van der Waals surface area contributed by atoms with Crippen LogP contribution >= 0.6 is 24.0 Å². The molecule has 2 aromatic rings. The Balaban J connectivity index is 0.00000280. The Hall–Kier alpha value is -1.90. The summed E-state index contributed by atoms with van der Waals surface area (Å²) in [4.78, 5) is 11.5. The highest BCUT2D eigenvalue weighted by Gasteiger charge is 2.13. The van der Waals surface area contributed by atoms with E-state index < -0.39 is 0 Å². The number of guanidine groups is 1. The highest BCUT2D eigenvalue weighted by Crippen LogP contribution is 2.18. The van der Waals surface area contributed by atoms with Gasteiger partial charge in [-0.05, 0) is 61.6 Å². The van der Waals surface area contributed by atoms with Crippen molar-refractivity contribution in [1.29, 1.82) is 0 Å². The molecular weight excluding hydrogens is 468 g/mol. The first-order valence-electron chi connectivity index (χ1n) is 9.71. The lowest BCUT2D eigenvalue weighted by atomic mass is 10.1. The number of hydrogen-bond acceptors (Lipinski definition) is 3. The Labute approximate surface area is 183 Å².